The van der Waals surface area contributed by atoms with Gasteiger partial charge >= 0.3 is 0 Å². The molecule has 7 heteroatoms. The first-order valence-electron chi connectivity index (χ1n) is 10.0. The normalized spacial score (nSPS) is 24.8. The second-order valence-electron chi connectivity index (χ2n) is 8.11. The van der Waals surface area contributed by atoms with Crippen LogP contribution in [0.15, 0.2) is 33.8 Å². The lowest BCUT2D eigenvalue weighted by Crippen LogP contribution is -2.49. The summed E-state index contributed by atoms with van der Waals surface area (Å²) in [6.45, 7) is 6.10. The van der Waals surface area contributed by atoms with E-state index in [0.717, 1.165) is 62.6 Å². The Balaban J connectivity index is 1.38. The predicted octanol–water partition coefficient (Wildman–Crippen LogP) is 2.00. The molecule has 2 bridgehead atoms. The molecule has 6 nitrogen and oxygen atoms in total. The summed E-state index contributed by atoms with van der Waals surface area (Å²) in [5.41, 5.74) is 2.89. The van der Waals surface area contributed by atoms with Gasteiger partial charge in [0.2, 0.25) is 0 Å². The molecular formula is C21H25N3O3S. The van der Waals surface area contributed by atoms with E-state index in [4.69, 9.17) is 4.74 Å². The van der Waals surface area contributed by atoms with Gasteiger partial charge in [-0.3, -0.25) is 14.5 Å². The van der Waals surface area contributed by atoms with Crippen molar-refractivity contribution in [1.29, 1.82) is 0 Å². The van der Waals surface area contributed by atoms with E-state index in [1.54, 1.807) is 11.3 Å². The van der Waals surface area contributed by atoms with Gasteiger partial charge in [0.05, 0.1) is 18.8 Å². The second kappa shape index (κ2) is 7.46. The van der Waals surface area contributed by atoms with Gasteiger partial charge in [0.25, 0.3) is 11.5 Å². The summed E-state index contributed by atoms with van der Waals surface area (Å²) >= 11 is 1.55. The van der Waals surface area contributed by atoms with Crippen LogP contribution in [0.5, 0.6) is 0 Å². The van der Waals surface area contributed by atoms with Crippen LogP contribution in [0.25, 0.3) is 0 Å². The number of hydrogen-bond acceptors (Lipinski definition) is 5. The number of carbonyl (C=O) groups is 1. The zero-order valence-corrected chi connectivity index (χ0v) is 16.7. The summed E-state index contributed by atoms with van der Waals surface area (Å²) in [5, 5.41) is 3.87. The molecule has 5 rings (SSSR count). The van der Waals surface area contributed by atoms with Gasteiger partial charge in [-0.15, -0.1) is 0 Å². The molecule has 5 heterocycles. The molecule has 28 heavy (non-hydrogen) atoms. The van der Waals surface area contributed by atoms with Gasteiger partial charge in [-0.05, 0) is 29.9 Å². The number of hydrogen-bond donors (Lipinski definition) is 0. The molecular weight excluding hydrogens is 374 g/mol. The highest BCUT2D eigenvalue weighted by Crippen LogP contribution is 2.35. The smallest absolute Gasteiger partial charge is 0.255 e. The minimum atomic E-state index is 0.121. The van der Waals surface area contributed by atoms with Crippen LogP contribution in [0.4, 0.5) is 0 Å². The molecule has 0 spiro atoms. The van der Waals surface area contributed by atoms with Gasteiger partial charge in [0, 0.05) is 61.8 Å². The third-order valence-corrected chi connectivity index (χ3v) is 6.92. The highest BCUT2D eigenvalue weighted by molar-refractivity contribution is 7.08. The van der Waals surface area contributed by atoms with Crippen molar-refractivity contribution in [2.24, 2.45) is 5.92 Å². The van der Waals surface area contributed by atoms with E-state index in [1.165, 1.54) is 0 Å². The largest absolute Gasteiger partial charge is 0.379 e. The topological polar surface area (TPSA) is 54.8 Å². The number of ether oxygens (including phenoxy) is 1. The average molecular weight is 400 g/mol. The number of likely N-dealkylation sites (tertiary alicyclic amines) is 1. The number of thiophene rings is 1. The Labute approximate surface area is 168 Å². The lowest BCUT2D eigenvalue weighted by Gasteiger charge is -2.43. The molecule has 2 fully saturated rings. The van der Waals surface area contributed by atoms with Gasteiger partial charge in [0.1, 0.15) is 0 Å². The summed E-state index contributed by atoms with van der Waals surface area (Å²) in [4.78, 5) is 30.2. The molecule has 3 aliphatic rings. The zero-order valence-electron chi connectivity index (χ0n) is 15.9. The zero-order chi connectivity index (χ0) is 19.1. The highest BCUT2D eigenvalue weighted by Gasteiger charge is 2.37. The number of amides is 1. The van der Waals surface area contributed by atoms with E-state index in [0.29, 0.717) is 19.0 Å². The van der Waals surface area contributed by atoms with Crippen LogP contribution in [-0.2, 0) is 17.8 Å². The van der Waals surface area contributed by atoms with Crippen molar-refractivity contribution in [3.05, 3.63) is 56.1 Å². The van der Waals surface area contributed by atoms with Gasteiger partial charge in [-0.25, -0.2) is 0 Å². The summed E-state index contributed by atoms with van der Waals surface area (Å²) in [7, 11) is 0. The molecule has 148 valence electrons. The lowest BCUT2D eigenvalue weighted by molar-refractivity contribution is 0.0338. The molecule has 1 amide bonds. The SMILES string of the molecule is O=C(c1ccsc1)N1C[C@@H]2C[C@H](C1)c1ccc(CN3CCOCC3)c(=O)n1C2. The number of morpholine rings is 1. The van der Waals surface area contributed by atoms with Crippen molar-refractivity contribution in [3.63, 3.8) is 0 Å². The molecule has 0 saturated carbocycles. The number of nitrogens with zero attached hydrogens (tertiary/aromatic N) is 3. The maximum absolute atomic E-state index is 13.1. The van der Waals surface area contributed by atoms with E-state index in [-0.39, 0.29) is 17.4 Å². The van der Waals surface area contributed by atoms with Gasteiger partial charge in [-0.1, -0.05) is 6.07 Å². The number of pyridine rings is 1. The first-order chi connectivity index (χ1) is 13.7. The molecule has 0 aliphatic carbocycles. The fraction of sp³-hybridized carbons (Fsp3) is 0.524. The Kier molecular flexibility index (Phi) is 4.82. The predicted molar refractivity (Wildman–Crippen MR) is 108 cm³/mol. The highest BCUT2D eigenvalue weighted by atomic mass is 32.1. The average Bonchev–Trinajstić information content (AvgIpc) is 3.25. The summed E-state index contributed by atoms with van der Waals surface area (Å²) in [5.74, 6) is 0.723. The van der Waals surface area contributed by atoms with Crippen LogP contribution >= 0.6 is 11.3 Å². The minimum absolute atomic E-state index is 0.121. The molecule has 0 N–H and O–H groups in total. The van der Waals surface area contributed by atoms with Crippen molar-refractivity contribution >= 4 is 17.2 Å². The molecule has 2 aromatic heterocycles. The van der Waals surface area contributed by atoms with Crippen molar-refractivity contribution < 1.29 is 9.53 Å². The molecule has 2 saturated heterocycles. The number of aromatic nitrogens is 1. The Morgan fingerprint density at radius 3 is 2.79 bits per heavy atom. The first kappa shape index (κ1) is 18.1. The second-order valence-corrected chi connectivity index (χ2v) is 8.89. The van der Waals surface area contributed by atoms with Crippen LogP contribution in [0, 0.1) is 5.92 Å². The fourth-order valence-corrected chi connectivity index (χ4v) is 5.48. The van der Waals surface area contributed by atoms with E-state index < -0.39 is 0 Å². The van der Waals surface area contributed by atoms with E-state index in [9.17, 15) is 9.59 Å². The molecule has 0 unspecified atom stereocenters. The Morgan fingerprint density at radius 2 is 2.00 bits per heavy atom. The van der Waals surface area contributed by atoms with Crippen LogP contribution < -0.4 is 5.56 Å². The third-order valence-electron chi connectivity index (χ3n) is 6.24. The lowest BCUT2D eigenvalue weighted by atomic mass is 9.82. The molecule has 3 aliphatic heterocycles. The maximum Gasteiger partial charge on any atom is 0.255 e. The van der Waals surface area contributed by atoms with E-state index in [2.05, 4.69) is 11.0 Å². The van der Waals surface area contributed by atoms with Gasteiger partial charge in [0.15, 0.2) is 0 Å². The van der Waals surface area contributed by atoms with Crippen molar-refractivity contribution in [3.8, 4) is 0 Å². The fourth-order valence-electron chi connectivity index (χ4n) is 4.85. The quantitative estimate of drug-likeness (QED) is 0.792. The summed E-state index contributed by atoms with van der Waals surface area (Å²) in [6, 6.07) is 6.02. The first-order valence-corrected chi connectivity index (χ1v) is 11.0. The van der Waals surface area contributed by atoms with Crippen molar-refractivity contribution in [1.82, 2.24) is 14.4 Å². The van der Waals surface area contributed by atoms with Gasteiger partial charge in [-0.2, -0.15) is 11.3 Å². The summed E-state index contributed by atoms with van der Waals surface area (Å²) in [6.07, 6.45) is 1.07. The Morgan fingerprint density at radius 1 is 1.14 bits per heavy atom. The number of piperidine rings is 1. The number of rotatable bonds is 3. The molecule has 2 aromatic rings. The monoisotopic (exact) mass is 399 g/mol. The van der Waals surface area contributed by atoms with Crippen LogP contribution in [0.2, 0.25) is 0 Å². The van der Waals surface area contributed by atoms with Crippen LogP contribution in [0.3, 0.4) is 0 Å². The van der Waals surface area contributed by atoms with E-state index in [1.807, 2.05) is 32.4 Å². The van der Waals surface area contributed by atoms with Crippen LogP contribution in [0.1, 0.15) is 34.0 Å². The minimum Gasteiger partial charge on any atom is -0.379 e. The van der Waals surface area contributed by atoms with Gasteiger partial charge < -0.3 is 14.2 Å². The molecule has 0 aromatic carbocycles. The molecule has 2 atom stereocenters. The standard InChI is InChI=1S/C21H25N3O3S/c25-20(17-3-8-28-14-17)23-10-15-9-18(13-23)19-2-1-16(21(26)24(19)11-15)12-22-4-6-27-7-5-22/h1-3,8,14-15,18H,4-7,9-13H2/t15-,18+/m0/s1. The molecule has 0 radical (unpaired) electrons. The van der Waals surface area contributed by atoms with Crippen molar-refractivity contribution in [2.75, 3.05) is 39.4 Å². The Hall–Kier alpha value is -1.96. The number of carbonyl (C=O) groups excluding carboxylic acids is 1. The third kappa shape index (κ3) is 3.32. The van der Waals surface area contributed by atoms with E-state index >= 15 is 0 Å². The van der Waals surface area contributed by atoms with Crippen molar-refractivity contribution in [2.45, 2.75) is 25.4 Å². The van der Waals surface area contributed by atoms with Crippen LogP contribution in [-0.4, -0.2) is 59.7 Å². The summed E-state index contributed by atoms with van der Waals surface area (Å²) < 4.78 is 7.40. The number of fused-ring (bicyclic) bond motifs is 4. The maximum atomic E-state index is 13.1. The Bertz CT molecular complexity index is 917.